The molecule has 0 atom stereocenters. The Labute approximate surface area is 97.0 Å². The van der Waals surface area contributed by atoms with Gasteiger partial charge in [0.2, 0.25) is 0 Å². The van der Waals surface area contributed by atoms with Gasteiger partial charge in [0.05, 0.1) is 10.5 Å². The van der Waals surface area contributed by atoms with Crippen LogP contribution < -0.4 is 15.2 Å². The second kappa shape index (κ2) is 5.74. The molecule has 5 nitrogen and oxygen atoms in total. The van der Waals surface area contributed by atoms with Crippen molar-refractivity contribution in [2.24, 2.45) is 5.73 Å². The van der Waals surface area contributed by atoms with E-state index in [-0.39, 0.29) is 4.99 Å². The molecular formula is C8H19N3O2S2. The Kier molecular flexibility index (Phi) is 5.65. The zero-order chi connectivity index (χ0) is 12.1. The van der Waals surface area contributed by atoms with Crippen molar-refractivity contribution >= 4 is 27.4 Å². The van der Waals surface area contributed by atoms with E-state index in [9.17, 15) is 8.42 Å². The summed E-state index contributed by atoms with van der Waals surface area (Å²) in [6.45, 7) is 5.73. The predicted molar refractivity (Wildman–Crippen MR) is 65.8 cm³/mol. The molecule has 0 aromatic heterocycles. The second-order valence-electron chi connectivity index (χ2n) is 3.26. The highest BCUT2D eigenvalue weighted by Gasteiger charge is 2.33. The van der Waals surface area contributed by atoms with Crippen LogP contribution in [-0.4, -0.2) is 25.5 Å². The van der Waals surface area contributed by atoms with Gasteiger partial charge in [0.1, 0.15) is 0 Å². The maximum atomic E-state index is 11.5. The standard InChI is InChI=1S/C8H19N3O2S2/c1-4-8(5-2,7(9)14)11-15(12,13)10-6-3/h10-11H,4-6H2,1-3H3,(H2,9,14). The van der Waals surface area contributed by atoms with E-state index in [0.29, 0.717) is 19.4 Å². The van der Waals surface area contributed by atoms with E-state index in [1.165, 1.54) is 0 Å². The molecule has 0 aromatic carbocycles. The molecule has 0 saturated heterocycles. The lowest BCUT2D eigenvalue weighted by molar-refractivity contribution is 0.461. The van der Waals surface area contributed by atoms with Crippen LogP contribution in [0, 0.1) is 0 Å². The van der Waals surface area contributed by atoms with Crippen LogP contribution in [0.4, 0.5) is 0 Å². The molecule has 4 N–H and O–H groups in total. The molecule has 0 fully saturated rings. The molecule has 0 aromatic rings. The fourth-order valence-corrected chi connectivity index (χ4v) is 3.05. The van der Waals surface area contributed by atoms with Gasteiger partial charge in [-0.05, 0) is 12.8 Å². The van der Waals surface area contributed by atoms with Crippen molar-refractivity contribution in [2.75, 3.05) is 6.54 Å². The molecule has 0 bridgehead atoms. The van der Waals surface area contributed by atoms with Gasteiger partial charge in [-0.3, -0.25) is 0 Å². The number of nitrogens with two attached hydrogens (primary N) is 1. The molecule has 0 aliphatic rings. The van der Waals surface area contributed by atoms with E-state index in [0.717, 1.165) is 0 Å². The fourth-order valence-electron chi connectivity index (χ4n) is 1.28. The molecule has 0 unspecified atom stereocenters. The van der Waals surface area contributed by atoms with E-state index in [2.05, 4.69) is 9.44 Å². The third kappa shape index (κ3) is 4.02. The zero-order valence-corrected chi connectivity index (χ0v) is 11.0. The minimum Gasteiger partial charge on any atom is -0.392 e. The highest BCUT2D eigenvalue weighted by molar-refractivity contribution is 7.87. The van der Waals surface area contributed by atoms with Crippen LogP contribution >= 0.6 is 12.2 Å². The molecule has 7 heteroatoms. The lowest BCUT2D eigenvalue weighted by atomic mass is 9.94. The maximum Gasteiger partial charge on any atom is 0.277 e. The first-order chi connectivity index (χ1) is 6.83. The molecule has 0 saturated carbocycles. The molecular weight excluding hydrogens is 234 g/mol. The summed E-state index contributed by atoms with van der Waals surface area (Å²) in [5.74, 6) is 0. The Bertz CT molecular complexity index is 310. The van der Waals surface area contributed by atoms with Crippen molar-refractivity contribution in [1.82, 2.24) is 9.44 Å². The van der Waals surface area contributed by atoms with Crippen LogP contribution in [0.5, 0.6) is 0 Å². The summed E-state index contributed by atoms with van der Waals surface area (Å²) in [5.41, 5.74) is 4.75. The molecule has 0 aliphatic carbocycles. The lowest BCUT2D eigenvalue weighted by Gasteiger charge is -2.31. The summed E-state index contributed by atoms with van der Waals surface area (Å²) in [6.07, 6.45) is 1.06. The van der Waals surface area contributed by atoms with Gasteiger partial charge in [0.25, 0.3) is 10.2 Å². The zero-order valence-electron chi connectivity index (χ0n) is 9.33. The third-order valence-corrected chi connectivity index (χ3v) is 4.06. The van der Waals surface area contributed by atoms with Crippen molar-refractivity contribution in [3.63, 3.8) is 0 Å². The maximum absolute atomic E-state index is 11.5. The number of rotatable bonds is 7. The Morgan fingerprint density at radius 3 is 2.07 bits per heavy atom. The van der Waals surface area contributed by atoms with Crippen LogP contribution in [0.2, 0.25) is 0 Å². The van der Waals surface area contributed by atoms with Crippen molar-refractivity contribution < 1.29 is 8.42 Å². The van der Waals surface area contributed by atoms with Gasteiger partial charge in [-0.25, -0.2) is 4.72 Å². The molecule has 0 spiro atoms. The van der Waals surface area contributed by atoms with Gasteiger partial charge in [0, 0.05) is 6.54 Å². The van der Waals surface area contributed by atoms with Crippen LogP contribution in [0.15, 0.2) is 0 Å². The van der Waals surface area contributed by atoms with Gasteiger partial charge < -0.3 is 5.73 Å². The van der Waals surface area contributed by atoms with Crippen molar-refractivity contribution in [3.8, 4) is 0 Å². The van der Waals surface area contributed by atoms with E-state index in [1.807, 2.05) is 13.8 Å². The molecule has 0 radical (unpaired) electrons. The molecule has 0 amide bonds. The van der Waals surface area contributed by atoms with Crippen molar-refractivity contribution in [2.45, 2.75) is 39.2 Å². The molecule has 0 aliphatic heterocycles. The summed E-state index contributed by atoms with van der Waals surface area (Å²) in [5, 5.41) is 0. The van der Waals surface area contributed by atoms with Crippen LogP contribution in [0.3, 0.4) is 0 Å². The molecule has 0 rings (SSSR count). The first-order valence-corrected chi connectivity index (χ1v) is 6.81. The van der Waals surface area contributed by atoms with Gasteiger partial charge >= 0.3 is 0 Å². The Balaban J connectivity index is 4.92. The highest BCUT2D eigenvalue weighted by Crippen LogP contribution is 2.16. The topological polar surface area (TPSA) is 84.2 Å². The number of hydrogen-bond donors (Lipinski definition) is 3. The van der Waals surface area contributed by atoms with Gasteiger partial charge in [-0.2, -0.15) is 13.1 Å². The highest BCUT2D eigenvalue weighted by atomic mass is 32.2. The fraction of sp³-hybridized carbons (Fsp3) is 0.875. The van der Waals surface area contributed by atoms with Crippen molar-refractivity contribution in [1.29, 1.82) is 0 Å². The van der Waals surface area contributed by atoms with Crippen LogP contribution in [-0.2, 0) is 10.2 Å². The Morgan fingerprint density at radius 1 is 1.33 bits per heavy atom. The minimum atomic E-state index is -3.53. The summed E-state index contributed by atoms with van der Waals surface area (Å²) < 4.78 is 27.9. The lowest BCUT2D eigenvalue weighted by Crippen LogP contribution is -2.58. The molecule has 15 heavy (non-hydrogen) atoms. The summed E-state index contributed by atoms with van der Waals surface area (Å²) in [6, 6.07) is 0. The average Bonchev–Trinajstić information content (AvgIpc) is 2.13. The summed E-state index contributed by atoms with van der Waals surface area (Å²) in [4.78, 5) is 0.175. The minimum absolute atomic E-state index is 0.175. The largest absolute Gasteiger partial charge is 0.392 e. The smallest absolute Gasteiger partial charge is 0.277 e. The molecule has 90 valence electrons. The second-order valence-corrected chi connectivity index (χ2v) is 5.20. The first kappa shape index (κ1) is 14.8. The van der Waals surface area contributed by atoms with Gasteiger partial charge in [-0.15, -0.1) is 0 Å². The number of thiocarbonyl (C=S) groups is 1. The van der Waals surface area contributed by atoms with E-state index >= 15 is 0 Å². The average molecular weight is 253 g/mol. The predicted octanol–water partition coefficient (Wildman–Crippen LogP) is 0.275. The SMILES string of the molecule is CCNS(=O)(=O)NC(CC)(CC)C(N)=S. The van der Waals surface area contributed by atoms with Crippen molar-refractivity contribution in [3.05, 3.63) is 0 Å². The Morgan fingerprint density at radius 2 is 1.80 bits per heavy atom. The summed E-state index contributed by atoms with van der Waals surface area (Å²) >= 11 is 4.90. The quantitative estimate of drug-likeness (QED) is 0.569. The van der Waals surface area contributed by atoms with Gasteiger partial charge in [0.15, 0.2) is 0 Å². The van der Waals surface area contributed by atoms with E-state index in [1.54, 1.807) is 6.92 Å². The summed E-state index contributed by atoms with van der Waals surface area (Å²) in [7, 11) is -3.53. The van der Waals surface area contributed by atoms with E-state index < -0.39 is 15.7 Å². The Hall–Kier alpha value is -0.240. The molecule has 0 heterocycles. The number of nitrogens with one attached hydrogen (secondary N) is 2. The number of hydrogen-bond acceptors (Lipinski definition) is 3. The third-order valence-electron chi connectivity index (χ3n) is 2.34. The normalized spacial score (nSPS) is 12.7. The van der Waals surface area contributed by atoms with Crippen LogP contribution in [0.1, 0.15) is 33.6 Å². The van der Waals surface area contributed by atoms with Gasteiger partial charge in [-0.1, -0.05) is 33.0 Å². The van der Waals surface area contributed by atoms with Crippen LogP contribution in [0.25, 0.3) is 0 Å². The first-order valence-electron chi connectivity index (χ1n) is 4.92. The monoisotopic (exact) mass is 253 g/mol. The van der Waals surface area contributed by atoms with E-state index in [4.69, 9.17) is 18.0 Å².